The molecule has 1 aliphatic rings. The van der Waals surface area contributed by atoms with Gasteiger partial charge in [0.2, 0.25) is 11.8 Å². The van der Waals surface area contributed by atoms with Gasteiger partial charge in [-0.15, -0.1) is 0 Å². The molecule has 1 saturated carbocycles. The summed E-state index contributed by atoms with van der Waals surface area (Å²) in [5, 5.41) is 4.86. The second kappa shape index (κ2) is 6.92. The Morgan fingerprint density at radius 1 is 1.04 bits per heavy atom. The van der Waals surface area contributed by atoms with Gasteiger partial charge in [0, 0.05) is 6.20 Å². The number of aromatic nitrogens is 1. The molecule has 1 aliphatic carbocycles. The lowest BCUT2D eigenvalue weighted by molar-refractivity contribution is -0.125. The molecule has 25 heavy (non-hydrogen) atoms. The number of hydrogen-bond acceptors (Lipinski definition) is 3. The Hall–Kier alpha value is -2.90. The van der Waals surface area contributed by atoms with Crippen molar-refractivity contribution in [1.29, 1.82) is 0 Å². The van der Waals surface area contributed by atoms with Gasteiger partial charge in [0.05, 0.1) is 29.8 Å². The molecule has 3 rings (SSSR count). The molecule has 0 aliphatic heterocycles. The minimum absolute atomic E-state index is 0.238. The summed E-state index contributed by atoms with van der Waals surface area (Å²) in [5.74, 6) is -6.54. The Kier molecular flexibility index (Phi) is 4.69. The molecule has 1 aromatic carbocycles. The predicted octanol–water partition coefficient (Wildman–Crippen LogP) is 2.39. The third-order valence-corrected chi connectivity index (χ3v) is 3.93. The number of rotatable bonds is 5. The number of carbonyl (C=O) groups is 2. The molecule has 2 unspecified atom stereocenters. The van der Waals surface area contributed by atoms with Crippen LogP contribution in [0.5, 0.6) is 0 Å². The smallest absolute Gasteiger partial charge is 0.228 e. The molecule has 2 aromatic rings. The van der Waals surface area contributed by atoms with E-state index in [-0.39, 0.29) is 12.5 Å². The number of benzene rings is 1. The second-order valence-electron chi connectivity index (χ2n) is 5.70. The third-order valence-electron chi connectivity index (χ3n) is 3.93. The second-order valence-corrected chi connectivity index (χ2v) is 5.70. The molecule has 130 valence electrons. The van der Waals surface area contributed by atoms with Gasteiger partial charge in [-0.2, -0.15) is 0 Å². The highest BCUT2D eigenvalue weighted by Gasteiger charge is 2.48. The molecule has 0 bridgehead atoms. The maximum Gasteiger partial charge on any atom is 0.228 e. The number of amides is 2. The largest absolute Gasteiger partial charge is 0.350 e. The van der Waals surface area contributed by atoms with Crippen LogP contribution in [-0.2, 0) is 16.1 Å². The molecular weight excluding hydrogens is 335 g/mol. The quantitative estimate of drug-likeness (QED) is 0.815. The van der Waals surface area contributed by atoms with Crippen molar-refractivity contribution in [2.45, 2.75) is 13.0 Å². The van der Waals surface area contributed by atoms with Gasteiger partial charge in [0.25, 0.3) is 0 Å². The molecule has 1 fully saturated rings. The number of hydrogen-bond donors (Lipinski definition) is 2. The van der Waals surface area contributed by atoms with Gasteiger partial charge < -0.3 is 10.6 Å². The molecule has 8 heteroatoms. The number of pyridine rings is 1. The van der Waals surface area contributed by atoms with E-state index in [4.69, 9.17) is 0 Å². The van der Waals surface area contributed by atoms with Crippen LogP contribution in [0.2, 0.25) is 0 Å². The van der Waals surface area contributed by atoms with Crippen molar-refractivity contribution in [3.05, 3.63) is 59.7 Å². The minimum Gasteiger partial charge on any atom is -0.350 e. The number of anilines is 1. The number of nitrogens with one attached hydrogen (secondary N) is 2. The Morgan fingerprint density at radius 3 is 2.52 bits per heavy atom. The van der Waals surface area contributed by atoms with Gasteiger partial charge in [-0.1, -0.05) is 6.07 Å². The zero-order valence-corrected chi connectivity index (χ0v) is 12.9. The van der Waals surface area contributed by atoms with Gasteiger partial charge in [0.1, 0.15) is 0 Å². The van der Waals surface area contributed by atoms with E-state index in [0.717, 1.165) is 12.1 Å². The van der Waals surface area contributed by atoms with Crippen LogP contribution >= 0.6 is 0 Å². The first-order chi connectivity index (χ1) is 12.0. The van der Waals surface area contributed by atoms with Crippen molar-refractivity contribution < 1.29 is 22.8 Å². The molecule has 2 N–H and O–H groups in total. The maximum atomic E-state index is 13.6. The minimum atomic E-state index is -1.65. The molecule has 0 saturated heterocycles. The molecule has 0 spiro atoms. The van der Waals surface area contributed by atoms with E-state index in [0.29, 0.717) is 12.1 Å². The summed E-state index contributed by atoms with van der Waals surface area (Å²) < 4.78 is 39.6. The van der Waals surface area contributed by atoms with Crippen LogP contribution < -0.4 is 10.6 Å². The van der Waals surface area contributed by atoms with Crippen LogP contribution in [0.15, 0.2) is 36.5 Å². The fraction of sp³-hybridized carbons (Fsp3) is 0.235. The SMILES string of the molecule is O=C(NCc1ccccn1)C1CC1C(=O)Nc1ccc(F)c(F)c1F. The molecule has 1 aromatic heterocycles. The number of nitrogens with zero attached hydrogens (tertiary/aromatic N) is 1. The van der Waals surface area contributed by atoms with Crippen molar-refractivity contribution in [2.75, 3.05) is 5.32 Å². The molecule has 2 atom stereocenters. The fourth-order valence-electron chi connectivity index (χ4n) is 2.43. The lowest BCUT2D eigenvalue weighted by Crippen LogP contribution is -2.27. The molecule has 1 heterocycles. The summed E-state index contributed by atoms with van der Waals surface area (Å²) in [4.78, 5) is 28.1. The predicted molar refractivity (Wildman–Crippen MR) is 82.6 cm³/mol. The van der Waals surface area contributed by atoms with E-state index in [1.54, 1.807) is 24.4 Å². The highest BCUT2D eigenvalue weighted by atomic mass is 19.2. The third kappa shape index (κ3) is 3.78. The zero-order chi connectivity index (χ0) is 18.0. The van der Waals surface area contributed by atoms with E-state index in [9.17, 15) is 22.8 Å². The monoisotopic (exact) mass is 349 g/mol. The highest BCUT2D eigenvalue weighted by Crippen LogP contribution is 2.39. The zero-order valence-electron chi connectivity index (χ0n) is 12.9. The Morgan fingerprint density at radius 2 is 1.80 bits per heavy atom. The molecule has 5 nitrogen and oxygen atoms in total. The Bertz CT molecular complexity index is 814. The first-order valence-corrected chi connectivity index (χ1v) is 7.59. The highest BCUT2D eigenvalue weighted by molar-refractivity contribution is 5.99. The van der Waals surface area contributed by atoms with E-state index < -0.39 is 40.9 Å². The van der Waals surface area contributed by atoms with E-state index >= 15 is 0 Å². The molecular formula is C17H14F3N3O2. The first-order valence-electron chi connectivity index (χ1n) is 7.59. The summed E-state index contributed by atoms with van der Waals surface area (Å²) in [5.41, 5.74) is 0.227. The average molecular weight is 349 g/mol. The van der Waals surface area contributed by atoms with Crippen molar-refractivity contribution in [2.24, 2.45) is 11.8 Å². The van der Waals surface area contributed by atoms with Crippen molar-refractivity contribution in [1.82, 2.24) is 10.3 Å². The topological polar surface area (TPSA) is 71.1 Å². The summed E-state index contributed by atoms with van der Waals surface area (Å²) >= 11 is 0. The van der Waals surface area contributed by atoms with Crippen LogP contribution in [0.3, 0.4) is 0 Å². The van der Waals surface area contributed by atoms with Crippen molar-refractivity contribution in [3.63, 3.8) is 0 Å². The van der Waals surface area contributed by atoms with E-state index in [1.807, 2.05) is 0 Å². The first kappa shape index (κ1) is 16.9. The normalized spacial score (nSPS) is 18.5. The summed E-state index contributed by atoms with van der Waals surface area (Å²) in [6.45, 7) is 0.238. The van der Waals surface area contributed by atoms with Gasteiger partial charge in [-0.3, -0.25) is 14.6 Å². The molecule has 2 amide bonds. The summed E-state index contributed by atoms with van der Waals surface area (Å²) in [6.07, 6.45) is 1.91. The Balaban J connectivity index is 1.53. The number of carbonyl (C=O) groups excluding carboxylic acids is 2. The van der Waals surface area contributed by atoms with Crippen LogP contribution in [0.4, 0.5) is 18.9 Å². The Labute approximate surface area is 141 Å². The molecule has 0 radical (unpaired) electrons. The maximum absolute atomic E-state index is 13.6. The van der Waals surface area contributed by atoms with Gasteiger partial charge in [-0.05, 0) is 30.7 Å². The summed E-state index contributed by atoms with van der Waals surface area (Å²) in [7, 11) is 0. The van der Waals surface area contributed by atoms with Crippen LogP contribution in [0.1, 0.15) is 12.1 Å². The van der Waals surface area contributed by atoms with Crippen molar-refractivity contribution in [3.8, 4) is 0 Å². The van der Waals surface area contributed by atoms with Gasteiger partial charge in [0.15, 0.2) is 17.5 Å². The lowest BCUT2D eigenvalue weighted by atomic mass is 10.2. The fourth-order valence-corrected chi connectivity index (χ4v) is 2.43. The van der Waals surface area contributed by atoms with Crippen LogP contribution in [-0.4, -0.2) is 16.8 Å². The van der Waals surface area contributed by atoms with Crippen LogP contribution in [0, 0.1) is 29.3 Å². The van der Waals surface area contributed by atoms with Crippen molar-refractivity contribution >= 4 is 17.5 Å². The van der Waals surface area contributed by atoms with E-state index in [2.05, 4.69) is 15.6 Å². The van der Waals surface area contributed by atoms with Gasteiger partial charge in [-0.25, -0.2) is 13.2 Å². The van der Waals surface area contributed by atoms with Gasteiger partial charge >= 0.3 is 0 Å². The van der Waals surface area contributed by atoms with Crippen LogP contribution in [0.25, 0.3) is 0 Å². The number of halogens is 3. The average Bonchev–Trinajstić information content (AvgIpc) is 3.42. The van der Waals surface area contributed by atoms with E-state index in [1.165, 1.54) is 0 Å². The standard InChI is InChI=1S/C17H14F3N3O2/c18-12-4-5-13(15(20)14(12)19)23-17(25)11-7-10(11)16(24)22-8-9-3-1-2-6-21-9/h1-6,10-11H,7-8H2,(H,22,24)(H,23,25). The lowest BCUT2D eigenvalue weighted by Gasteiger charge is -2.07. The summed E-state index contributed by atoms with van der Waals surface area (Å²) in [6, 6.07) is 6.95.